The van der Waals surface area contributed by atoms with Crippen molar-refractivity contribution in [3.63, 3.8) is 0 Å². The first-order chi connectivity index (χ1) is 20.5. The lowest BCUT2D eigenvalue weighted by Gasteiger charge is -2.23. The van der Waals surface area contributed by atoms with Crippen LogP contribution in [0.15, 0.2) is 23.8 Å². The summed E-state index contributed by atoms with van der Waals surface area (Å²) >= 11 is 0. The summed E-state index contributed by atoms with van der Waals surface area (Å²) in [7, 11) is -5.59. The van der Waals surface area contributed by atoms with Gasteiger partial charge in [0.1, 0.15) is 30.3 Å². The lowest BCUT2D eigenvalue weighted by atomic mass is 10.2. The molecule has 9 N–H and O–H groups in total. The third-order valence-corrected chi connectivity index (χ3v) is 7.66. The van der Waals surface area contributed by atoms with Crippen molar-refractivity contribution in [1.82, 2.24) is 39.0 Å². The first kappa shape index (κ1) is 31.0. The number of rotatable bonds is 8. The van der Waals surface area contributed by atoms with Crippen LogP contribution in [0.1, 0.15) is 25.3 Å². The van der Waals surface area contributed by atoms with E-state index in [1.54, 1.807) is 4.57 Å². The molecule has 0 spiro atoms. The van der Waals surface area contributed by atoms with E-state index < -0.39 is 72.2 Å². The van der Waals surface area contributed by atoms with Crippen LogP contribution in [0.4, 0.5) is 11.8 Å². The molecule has 4 aromatic rings. The fourth-order valence-corrected chi connectivity index (χ4v) is 5.72. The standard InChI is InChI=1S/C20H25N10O9P.HO2P/c21-15-13-16(24-5-23-15)29(6-25-13)12-2-9(32)11(38-12)4-36-40(34,35)39-10-1-8(3-31)37-19(10)30-7-26-14-17(30)27-20(22)28-18(14)33;1-3-2/h5-12,19,31-32H,1-4H2,(H,34,35)(H2,21,23,24)(H3,22,27,28,33);(H,1,2)/t8-,9-,10+,11+,12+,19+;/m0./s1. The van der Waals surface area contributed by atoms with Crippen molar-refractivity contribution in [2.75, 3.05) is 24.7 Å². The number of hydrogen-bond donors (Lipinski definition) is 7. The highest BCUT2D eigenvalue weighted by Crippen LogP contribution is 2.50. The van der Waals surface area contributed by atoms with Crippen LogP contribution in [-0.4, -0.2) is 96.7 Å². The second-order valence-electron chi connectivity index (χ2n) is 9.35. The lowest BCUT2D eigenvalue weighted by Crippen LogP contribution is -2.27. The van der Waals surface area contributed by atoms with Crippen molar-refractivity contribution >= 4 is 50.6 Å². The number of H-pyrrole nitrogens is 1. The van der Waals surface area contributed by atoms with Crippen molar-refractivity contribution in [3.8, 4) is 0 Å². The number of imidazole rings is 2. The number of nitrogens with one attached hydrogen (secondary N) is 1. The van der Waals surface area contributed by atoms with Gasteiger partial charge < -0.3 is 40.9 Å². The smallest absolute Gasteiger partial charge is 0.394 e. The number of nitrogens with zero attached hydrogens (tertiary/aromatic N) is 7. The molecule has 7 atom stereocenters. The van der Waals surface area contributed by atoms with Gasteiger partial charge in [0, 0.05) is 12.8 Å². The summed E-state index contributed by atoms with van der Waals surface area (Å²) in [6.45, 7) is -0.892. The molecular weight excluding hydrogens is 618 g/mol. The van der Waals surface area contributed by atoms with Crippen LogP contribution in [0.25, 0.3) is 22.3 Å². The Kier molecular flexibility index (Phi) is 9.09. The maximum absolute atomic E-state index is 12.9. The van der Waals surface area contributed by atoms with Crippen LogP contribution >= 0.6 is 16.5 Å². The normalized spacial score (nSPS) is 27.0. The molecule has 2 aliphatic heterocycles. The van der Waals surface area contributed by atoms with E-state index in [1.165, 1.54) is 23.5 Å². The molecule has 43 heavy (non-hydrogen) atoms. The first-order valence-corrected chi connectivity index (χ1v) is 14.7. The first-order valence-electron chi connectivity index (χ1n) is 12.4. The quantitative estimate of drug-likeness (QED) is 0.110. The number of ether oxygens (including phenoxy) is 2. The van der Waals surface area contributed by atoms with Gasteiger partial charge in [-0.15, -0.1) is 0 Å². The molecule has 2 fully saturated rings. The number of hydrogen-bond acceptors (Lipinski definition) is 16. The summed E-state index contributed by atoms with van der Waals surface area (Å²) in [6.07, 6.45) is -1.58. The highest BCUT2D eigenvalue weighted by molar-refractivity contribution is 7.47. The highest BCUT2D eigenvalue weighted by Gasteiger charge is 2.44. The number of aliphatic hydroxyl groups is 2. The summed E-state index contributed by atoms with van der Waals surface area (Å²) in [5, 5.41) is 20.2. The Morgan fingerprint density at radius 2 is 1.84 bits per heavy atom. The van der Waals surface area contributed by atoms with E-state index >= 15 is 0 Å². The summed E-state index contributed by atoms with van der Waals surface area (Å²) in [5.74, 6) is 0.0190. The van der Waals surface area contributed by atoms with Crippen LogP contribution < -0.4 is 17.0 Å². The van der Waals surface area contributed by atoms with Crippen molar-refractivity contribution < 1.29 is 47.7 Å². The SMILES string of the molecule is Nc1nc2c(ncn2[C@@H]2O[C@H](CO)C[C@H]2OP(=O)(O)OC[C@H]2O[C@@H](n3cnc4c(N)ncnc43)C[C@@H]2O)c(=O)[nH]1.O=PO. The van der Waals surface area contributed by atoms with Gasteiger partial charge in [-0.05, 0) is 0 Å². The van der Waals surface area contributed by atoms with Crippen molar-refractivity contribution in [2.24, 2.45) is 0 Å². The second-order valence-corrected chi connectivity index (χ2v) is 10.9. The number of fused-ring (bicyclic) bond motifs is 2. The lowest BCUT2D eigenvalue weighted by molar-refractivity contribution is -0.0593. The number of aromatic nitrogens is 8. The molecule has 21 nitrogen and oxygen atoms in total. The molecule has 0 aliphatic carbocycles. The maximum Gasteiger partial charge on any atom is 0.472 e. The minimum atomic E-state index is -4.76. The fraction of sp³-hybridized carbons (Fsp3) is 0.500. The molecule has 2 aliphatic rings. The number of aliphatic hydroxyl groups excluding tert-OH is 2. The molecule has 6 heterocycles. The summed E-state index contributed by atoms with van der Waals surface area (Å²) in [4.78, 5) is 52.3. The molecular formula is C20H26N10O11P2. The zero-order valence-electron chi connectivity index (χ0n) is 21.9. The number of anilines is 2. The Balaban J connectivity index is 0.00000118. The predicted octanol–water partition coefficient (Wildman–Crippen LogP) is -1.26. The monoisotopic (exact) mass is 644 g/mol. The number of nitrogen functional groups attached to an aromatic ring is 2. The van der Waals surface area contributed by atoms with E-state index in [9.17, 15) is 24.5 Å². The summed E-state index contributed by atoms with van der Waals surface area (Å²) in [5.41, 5.74) is 11.7. The van der Waals surface area contributed by atoms with E-state index in [1.807, 2.05) is 0 Å². The van der Waals surface area contributed by atoms with Gasteiger partial charge in [0.2, 0.25) is 5.95 Å². The van der Waals surface area contributed by atoms with Gasteiger partial charge in [-0.25, -0.2) is 29.1 Å². The van der Waals surface area contributed by atoms with Crippen LogP contribution in [0.3, 0.4) is 0 Å². The molecule has 0 bridgehead atoms. The van der Waals surface area contributed by atoms with Gasteiger partial charge in [0.25, 0.3) is 5.56 Å². The molecule has 0 aromatic carbocycles. The molecule has 0 amide bonds. The molecule has 4 aromatic heterocycles. The predicted molar refractivity (Wildman–Crippen MR) is 143 cm³/mol. The number of phosphoric ester groups is 1. The molecule has 6 rings (SSSR count). The van der Waals surface area contributed by atoms with Crippen LogP contribution in [-0.2, 0) is 27.7 Å². The van der Waals surface area contributed by atoms with Gasteiger partial charge >= 0.3 is 16.5 Å². The summed E-state index contributed by atoms with van der Waals surface area (Å²) < 4.78 is 46.5. The van der Waals surface area contributed by atoms with Gasteiger partial charge in [-0.3, -0.25) is 28.0 Å². The average Bonchev–Trinajstić information content (AvgIpc) is 3.73. The van der Waals surface area contributed by atoms with Gasteiger partial charge in [-0.1, -0.05) is 0 Å². The molecule has 232 valence electrons. The van der Waals surface area contributed by atoms with Crippen molar-refractivity contribution in [3.05, 3.63) is 29.3 Å². The minimum Gasteiger partial charge on any atom is -0.394 e. The number of aromatic amines is 1. The van der Waals surface area contributed by atoms with E-state index in [0.29, 0.717) is 11.2 Å². The van der Waals surface area contributed by atoms with Gasteiger partial charge in [-0.2, -0.15) is 4.98 Å². The van der Waals surface area contributed by atoms with Crippen LogP contribution in [0.5, 0.6) is 0 Å². The molecule has 0 saturated carbocycles. The van der Waals surface area contributed by atoms with Crippen molar-refractivity contribution in [1.29, 1.82) is 0 Å². The fourth-order valence-electron chi connectivity index (χ4n) is 4.79. The van der Waals surface area contributed by atoms with Crippen molar-refractivity contribution in [2.45, 2.75) is 49.7 Å². The zero-order valence-corrected chi connectivity index (χ0v) is 23.6. The third-order valence-electron chi connectivity index (χ3n) is 6.65. The Morgan fingerprint density at radius 3 is 2.58 bits per heavy atom. The zero-order chi connectivity index (χ0) is 30.9. The summed E-state index contributed by atoms with van der Waals surface area (Å²) in [6, 6.07) is 0. The maximum atomic E-state index is 12.9. The molecule has 2 saturated heterocycles. The van der Waals surface area contributed by atoms with E-state index in [2.05, 4.69) is 29.9 Å². The number of phosphoric acid groups is 1. The molecule has 0 radical (unpaired) electrons. The van der Waals surface area contributed by atoms with Crippen LogP contribution in [0.2, 0.25) is 0 Å². The Bertz CT molecular complexity index is 1720. The molecule has 1 unspecified atom stereocenters. The van der Waals surface area contributed by atoms with E-state index in [-0.39, 0.29) is 35.8 Å². The largest absolute Gasteiger partial charge is 0.472 e. The van der Waals surface area contributed by atoms with E-state index in [0.717, 1.165) is 0 Å². The van der Waals surface area contributed by atoms with Gasteiger partial charge in [0.15, 0.2) is 28.9 Å². The molecule has 23 heteroatoms. The van der Waals surface area contributed by atoms with Gasteiger partial charge in [0.05, 0.1) is 38.1 Å². The average molecular weight is 644 g/mol. The Labute approximate surface area is 241 Å². The van der Waals surface area contributed by atoms with E-state index in [4.69, 9.17) is 39.4 Å². The topological polar surface area (TPSA) is 311 Å². The Hall–Kier alpha value is -3.49. The Morgan fingerprint density at radius 1 is 1.12 bits per heavy atom. The highest BCUT2D eigenvalue weighted by atomic mass is 31.2. The third kappa shape index (κ3) is 6.41. The number of nitrogens with two attached hydrogens (primary N) is 2. The second kappa shape index (κ2) is 12.6. The van der Waals surface area contributed by atoms with Crippen LogP contribution in [0, 0.1) is 0 Å². The minimum absolute atomic E-state index is 0.0107.